The van der Waals surface area contributed by atoms with Gasteiger partial charge in [0.25, 0.3) is 0 Å². The summed E-state index contributed by atoms with van der Waals surface area (Å²) in [6, 6.07) is 0. The summed E-state index contributed by atoms with van der Waals surface area (Å²) in [5.41, 5.74) is 2.30. The molecule has 1 saturated heterocycles. The van der Waals surface area contributed by atoms with E-state index in [-0.39, 0.29) is 0 Å². The molecule has 1 unspecified atom stereocenters. The highest BCUT2D eigenvalue weighted by Gasteiger charge is 2.20. The van der Waals surface area contributed by atoms with E-state index in [1.807, 2.05) is 11.7 Å². The van der Waals surface area contributed by atoms with E-state index in [1.54, 1.807) is 7.11 Å². The Morgan fingerprint density at radius 1 is 1.50 bits per heavy atom. The monoisotopic (exact) mass is 280 g/mol. The average Bonchev–Trinajstić information content (AvgIpc) is 2.73. The van der Waals surface area contributed by atoms with Crippen LogP contribution < -0.4 is 10.1 Å². The highest BCUT2D eigenvalue weighted by atomic mass is 16.5. The Kier molecular flexibility index (Phi) is 5.43. The quantitative estimate of drug-likeness (QED) is 0.859. The Hall–Kier alpha value is -1.07. The molecule has 1 N–H and O–H groups in total. The number of aryl methyl sites for hydroxylation is 2. The third kappa shape index (κ3) is 3.52. The fraction of sp³-hybridized carbons (Fsp3) is 0.800. The molecule has 1 aliphatic rings. The fourth-order valence-electron chi connectivity index (χ4n) is 3.09. The average molecular weight is 280 g/mol. The lowest BCUT2D eigenvalue weighted by molar-refractivity contribution is 0.207. The van der Waals surface area contributed by atoms with Gasteiger partial charge < -0.3 is 10.1 Å². The maximum atomic E-state index is 5.49. The molecule has 1 aromatic rings. The summed E-state index contributed by atoms with van der Waals surface area (Å²) in [6.07, 6.45) is 2.64. The van der Waals surface area contributed by atoms with Crippen molar-refractivity contribution in [2.45, 2.75) is 33.2 Å². The summed E-state index contributed by atoms with van der Waals surface area (Å²) >= 11 is 0. The van der Waals surface area contributed by atoms with Gasteiger partial charge in [0.15, 0.2) is 0 Å². The van der Waals surface area contributed by atoms with Gasteiger partial charge in [-0.05, 0) is 45.3 Å². The van der Waals surface area contributed by atoms with Gasteiger partial charge in [-0.2, -0.15) is 5.10 Å². The van der Waals surface area contributed by atoms with Crippen LogP contribution in [0.3, 0.4) is 0 Å². The highest BCUT2D eigenvalue weighted by molar-refractivity contribution is 5.30. The van der Waals surface area contributed by atoms with Crippen LogP contribution >= 0.6 is 0 Å². The molecule has 0 saturated carbocycles. The van der Waals surface area contributed by atoms with Crippen molar-refractivity contribution in [1.29, 1.82) is 0 Å². The topological polar surface area (TPSA) is 42.3 Å². The Bertz CT molecular complexity index is 424. The molecule has 1 aliphatic heterocycles. The van der Waals surface area contributed by atoms with E-state index in [1.165, 1.54) is 24.9 Å². The van der Waals surface area contributed by atoms with Gasteiger partial charge in [0.2, 0.25) is 5.88 Å². The summed E-state index contributed by atoms with van der Waals surface area (Å²) in [4.78, 5) is 2.50. The smallest absolute Gasteiger partial charge is 0.216 e. The van der Waals surface area contributed by atoms with E-state index >= 15 is 0 Å². The van der Waals surface area contributed by atoms with Crippen molar-refractivity contribution in [3.05, 3.63) is 11.3 Å². The largest absolute Gasteiger partial charge is 0.481 e. The lowest BCUT2D eigenvalue weighted by Gasteiger charge is -2.29. The number of ether oxygens (including phenoxy) is 1. The summed E-state index contributed by atoms with van der Waals surface area (Å²) < 4.78 is 7.33. The van der Waals surface area contributed by atoms with Crippen LogP contribution in [0.4, 0.5) is 0 Å². The molecule has 0 radical (unpaired) electrons. The molecule has 1 fully saturated rings. The minimum Gasteiger partial charge on any atom is -0.481 e. The number of piperidine rings is 1. The first-order chi connectivity index (χ1) is 9.65. The van der Waals surface area contributed by atoms with Crippen molar-refractivity contribution >= 4 is 0 Å². The maximum absolute atomic E-state index is 5.49. The molecule has 0 bridgehead atoms. The van der Waals surface area contributed by atoms with Crippen molar-refractivity contribution in [2.24, 2.45) is 13.0 Å². The number of rotatable bonds is 6. The number of nitrogens with zero attached hydrogens (tertiary/aromatic N) is 3. The number of hydrogen-bond acceptors (Lipinski definition) is 4. The lowest BCUT2D eigenvalue weighted by Crippen LogP contribution is -2.38. The second-order valence-electron chi connectivity index (χ2n) is 5.74. The van der Waals surface area contributed by atoms with Crippen molar-refractivity contribution in [3.8, 4) is 5.88 Å². The SMILES string of the molecule is CCN(Cc1c(C)nn(C)c1OC)CC1CCCNC1. The molecule has 0 aliphatic carbocycles. The summed E-state index contributed by atoms with van der Waals surface area (Å²) in [7, 11) is 3.66. The van der Waals surface area contributed by atoms with E-state index < -0.39 is 0 Å². The van der Waals surface area contributed by atoms with E-state index in [4.69, 9.17) is 4.74 Å². The number of methoxy groups -OCH3 is 1. The van der Waals surface area contributed by atoms with E-state index in [2.05, 4.69) is 29.2 Å². The molecule has 20 heavy (non-hydrogen) atoms. The number of nitrogens with one attached hydrogen (secondary N) is 1. The molecule has 0 spiro atoms. The van der Waals surface area contributed by atoms with E-state index in [0.717, 1.165) is 43.7 Å². The van der Waals surface area contributed by atoms with E-state index in [9.17, 15) is 0 Å². The molecule has 5 nitrogen and oxygen atoms in total. The maximum Gasteiger partial charge on any atom is 0.216 e. The van der Waals surface area contributed by atoms with Gasteiger partial charge in [0, 0.05) is 20.1 Å². The molecule has 1 atom stereocenters. The molecule has 5 heteroatoms. The van der Waals surface area contributed by atoms with Gasteiger partial charge in [-0.15, -0.1) is 0 Å². The molecular weight excluding hydrogens is 252 g/mol. The number of hydrogen-bond donors (Lipinski definition) is 1. The molecule has 1 aromatic heterocycles. The Balaban J connectivity index is 2.02. The molecule has 114 valence electrons. The zero-order chi connectivity index (χ0) is 14.5. The van der Waals surface area contributed by atoms with Crippen LogP contribution in [0.5, 0.6) is 5.88 Å². The predicted octanol–water partition coefficient (Wildman–Crippen LogP) is 1.56. The Labute approximate surface area is 122 Å². The standard InChI is InChI=1S/C15H28N4O/c1-5-19(10-13-7-6-8-16-9-13)11-14-12(2)17-18(3)15(14)20-4/h13,16H,5-11H2,1-4H3. The Morgan fingerprint density at radius 3 is 2.90 bits per heavy atom. The number of aromatic nitrogens is 2. The first kappa shape index (κ1) is 15.3. The third-order valence-corrected chi connectivity index (χ3v) is 4.23. The van der Waals surface area contributed by atoms with Gasteiger partial charge in [-0.25, -0.2) is 4.68 Å². The fourth-order valence-corrected chi connectivity index (χ4v) is 3.09. The molecular formula is C15H28N4O. The minimum absolute atomic E-state index is 0.770. The molecule has 2 heterocycles. The van der Waals surface area contributed by atoms with Crippen LogP contribution in [0, 0.1) is 12.8 Å². The second-order valence-corrected chi connectivity index (χ2v) is 5.74. The molecule has 0 amide bonds. The zero-order valence-electron chi connectivity index (χ0n) is 13.3. The van der Waals surface area contributed by atoms with Gasteiger partial charge in [-0.1, -0.05) is 6.92 Å². The van der Waals surface area contributed by atoms with Crippen molar-refractivity contribution < 1.29 is 4.74 Å². The summed E-state index contributed by atoms with van der Waals surface area (Å²) in [5.74, 6) is 1.66. The second kappa shape index (κ2) is 7.09. The highest BCUT2D eigenvalue weighted by Crippen LogP contribution is 2.23. The van der Waals surface area contributed by atoms with Crippen LogP contribution in [-0.4, -0.2) is 48.0 Å². The first-order valence-corrected chi connectivity index (χ1v) is 7.65. The van der Waals surface area contributed by atoms with Crippen LogP contribution in [-0.2, 0) is 13.6 Å². The summed E-state index contributed by atoms with van der Waals surface area (Å²) in [5, 5.41) is 7.97. The normalized spacial score (nSPS) is 19.6. The molecule has 0 aromatic carbocycles. The van der Waals surface area contributed by atoms with Crippen LogP contribution in [0.1, 0.15) is 31.0 Å². The van der Waals surface area contributed by atoms with Gasteiger partial charge in [-0.3, -0.25) is 4.90 Å². The van der Waals surface area contributed by atoms with Crippen molar-refractivity contribution in [3.63, 3.8) is 0 Å². The minimum atomic E-state index is 0.770. The van der Waals surface area contributed by atoms with E-state index in [0.29, 0.717) is 0 Å². The van der Waals surface area contributed by atoms with Crippen molar-refractivity contribution in [2.75, 3.05) is 33.3 Å². The van der Waals surface area contributed by atoms with Gasteiger partial charge >= 0.3 is 0 Å². The first-order valence-electron chi connectivity index (χ1n) is 7.65. The Morgan fingerprint density at radius 2 is 2.30 bits per heavy atom. The van der Waals surface area contributed by atoms with Crippen LogP contribution in [0.15, 0.2) is 0 Å². The van der Waals surface area contributed by atoms with Crippen LogP contribution in [0.2, 0.25) is 0 Å². The van der Waals surface area contributed by atoms with Gasteiger partial charge in [0.1, 0.15) is 0 Å². The predicted molar refractivity (Wildman–Crippen MR) is 81.0 cm³/mol. The van der Waals surface area contributed by atoms with Crippen molar-refractivity contribution in [1.82, 2.24) is 20.0 Å². The van der Waals surface area contributed by atoms with Gasteiger partial charge in [0.05, 0.1) is 18.4 Å². The summed E-state index contributed by atoms with van der Waals surface area (Å²) in [6.45, 7) is 9.77. The lowest BCUT2D eigenvalue weighted by atomic mass is 9.99. The third-order valence-electron chi connectivity index (χ3n) is 4.23. The zero-order valence-corrected chi connectivity index (χ0v) is 13.3. The molecule has 2 rings (SSSR count). The van der Waals surface area contributed by atoms with Crippen LogP contribution in [0.25, 0.3) is 0 Å².